The Hall–Kier alpha value is -2.02. The molecule has 0 amide bonds. The van der Waals surface area contributed by atoms with Gasteiger partial charge in [-0.2, -0.15) is 0 Å². The summed E-state index contributed by atoms with van der Waals surface area (Å²) >= 11 is 0. The number of para-hydroxylation sites is 1. The van der Waals surface area contributed by atoms with Crippen LogP contribution in [0.5, 0.6) is 0 Å². The lowest BCUT2D eigenvalue weighted by Crippen LogP contribution is -1.95. The van der Waals surface area contributed by atoms with Crippen LogP contribution in [0, 0.1) is 0 Å². The molecule has 1 aromatic heterocycles. The van der Waals surface area contributed by atoms with E-state index in [-0.39, 0.29) is 0 Å². The highest BCUT2D eigenvalue weighted by Gasteiger charge is 2.27. The molecule has 1 unspecified atom stereocenters. The van der Waals surface area contributed by atoms with E-state index in [0.29, 0.717) is 5.92 Å². The Bertz CT molecular complexity index is 694. The van der Waals surface area contributed by atoms with Crippen LogP contribution in [0.15, 0.2) is 54.6 Å². The number of rotatable bonds is 1. The molecular formula is C17H15N. The molecule has 1 heteroatoms. The number of benzene rings is 2. The number of aromatic amines is 1. The lowest BCUT2D eigenvalue weighted by molar-refractivity contribution is 0.786. The number of aromatic nitrogens is 1. The Morgan fingerprint density at radius 2 is 1.67 bits per heavy atom. The van der Waals surface area contributed by atoms with Gasteiger partial charge in [0.15, 0.2) is 0 Å². The molecule has 0 radical (unpaired) electrons. The van der Waals surface area contributed by atoms with Gasteiger partial charge in [-0.25, -0.2) is 0 Å². The summed E-state index contributed by atoms with van der Waals surface area (Å²) < 4.78 is 0. The molecule has 1 aliphatic rings. The molecule has 18 heavy (non-hydrogen) atoms. The van der Waals surface area contributed by atoms with Gasteiger partial charge in [0.05, 0.1) is 0 Å². The van der Waals surface area contributed by atoms with E-state index in [1.807, 2.05) is 0 Å². The van der Waals surface area contributed by atoms with E-state index in [1.165, 1.54) is 40.6 Å². The van der Waals surface area contributed by atoms with E-state index in [0.717, 1.165) is 0 Å². The van der Waals surface area contributed by atoms with E-state index in [1.54, 1.807) is 0 Å². The standard InChI is InChI=1S/C17H15N/c1-2-6-12(7-3-1)13-10-11-16-17(13)14-8-4-5-9-15(14)18-16/h1-9,13,18H,10-11H2. The largest absolute Gasteiger partial charge is 0.358 e. The molecule has 1 atom stereocenters. The third-order valence-electron chi connectivity index (χ3n) is 4.06. The Balaban J connectivity index is 1.93. The zero-order chi connectivity index (χ0) is 11.9. The summed E-state index contributed by atoms with van der Waals surface area (Å²) in [6.07, 6.45) is 2.40. The molecule has 0 saturated carbocycles. The van der Waals surface area contributed by atoms with Gasteiger partial charge in [-0.05, 0) is 30.0 Å². The second-order valence-corrected chi connectivity index (χ2v) is 5.06. The molecule has 1 N–H and O–H groups in total. The van der Waals surface area contributed by atoms with Gasteiger partial charge in [0.2, 0.25) is 0 Å². The van der Waals surface area contributed by atoms with Crippen molar-refractivity contribution in [3.63, 3.8) is 0 Å². The first kappa shape index (κ1) is 9.95. The summed E-state index contributed by atoms with van der Waals surface area (Å²) in [5.41, 5.74) is 5.69. The highest BCUT2D eigenvalue weighted by molar-refractivity contribution is 5.86. The second-order valence-electron chi connectivity index (χ2n) is 5.06. The van der Waals surface area contributed by atoms with Gasteiger partial charge in [-0.15, -0.1) is 0 Å². The van der Waals surface area contributed by atoms with Crippen molar-refractivity contribution in [2.45, 2.75) is 18.8 Å². The topological polar surface area (TPSA) is 15.8 Å². The summed E-state index contributed by atoms with van der Waals surface area (Å²) in [4.78, 5) is 3.58. The summed E-state index contributed by atoms with van der Waals surface area (Å²) in [5, 5.41) is 1.40. The van der Waals surface area contributed by atoms with Crippen LogP contribution in [0.2, 0.25) is 0 Å². The number of hydrogen-bond donors (Lipinski definition) is 1. The lowest BCUT2D eigenvalue weighted by Gasteiger charge is -2.11. The maximum atomic E-state index is 3.58. The molecule has 0 aliphatic heterocycles. The molecule has 88 valence electrons. The average Bonchev–Trinajstić information content (AvgIpc) is 2.98. The molecule has 0 fully saturated rings. The van der Waals surface area contributed by atoms with Gasteiger partial charge in [0.25, 0.3) is 0 Å². The minimum atomic E-state index is 0.567. The minimum absolute atomic E-state index is 0.567. The SMILES string of the molecule is c1ccc(C2CCc3[nH]c4ccccc4c32)cc1. The van der Waals surface area contributed by atoms with Crippen molar-refractivity contribution in [2.75, 3.05) is 0 Å². The Kier molecular flexibility index (Phi) is 2.07. The number of nitrogens with one attached hydrogen (secondary N) is 1. The van der Waals surface area contributed by atoms with Crippen molar-refractivity contribution in [1.82, 2.24) is 4.98 Å². The maximum absolute atomic E-state index is 3.58. The average molecular weight is 233 g/mol. The highest BCUT2D eigenvalue weighted by atomic mass is 14.7. The van der Waals surface area contributed by atoms with Gasteiger partial charge in [-0.3, -0.25) is 0 Å². The van der Waals surface area contributed by atoms with Crippen LogP contribution in [0.3, 0.4) is 0 Å². The number of H-pyrrole nitrogens is 1. The lowest BCUT2D eigenvalue weighted by atomic mass is 9.92. The monoisotopic (exact) mass is 233 g/mol. The molecular weight excluding hydrogens is 218 g/mol. The first-order valence-corrected chi connectivity index (χ1v) is 6.58. The fraction of sp³-hybridized carbons (Fsp3) is 0.176. The molecule has 0 spiro atoms. The summed E-state index contributed by atoms with van der Waals surface area (Å²) in [6, 6.07) is 19.5. The van der Waals surface area contributed by atoms with E-state index < -0.39 is 0 Å². The first-order valence-electron chi connectivity index (χ1n) is 6.58. The van der Waals surface area contributed by atoms with Crippen LogP contribution in [0.1, 0.15) is 29.2 Å². The second kappa shape index (κ2) is 3.74. The molecule has 0 bridgehead atoms. The van der Waals surface area contributed by atoms with Crippen molar-refractivity contribution in [1.29, 1.82) is 0 Å². The Morgan fingerprint density at radius 1 is 0.889 bits per heavy atom. The highest BCUT2D eigenvalue weighted by Crippen LogP contribution is 2.42. The fourth-order valence-corrected chi connectivity index (χ4v) is 3.27. The zero-order valence-corrected chi connectivity index (χ0v) is 10.2. The van der Waals surface area contributed by atoms with Crippen molar-refractivity contribution < 1.29 is 0 Å². The Morgan fingerprint density at radius 3 is 2.56 bits per heavy atom. The molecule has 4 rings (SSSR count). The molecule has 1 aliphatic carbocycles. The quantitative estimate of drug-likeness (QED) is 0.647. The predicted molar refractivity (Wildman–Crippen MR) is 74.9 cm³/mol. The molecule has 1 nitrogen and oxygen atoms in total. The van der Waals surface area contributed by atoms with E-state index in [2.05, 4.69) is 59.6 Å². The summed E-state index contributed by atoms with van der Waals surface area (Å²) in [6.45, 7) is 0. The fourth-order valence-electron chi connectivity index (χ4n) is 3.27. The zero-order valence-electron chi connectivity index (χ0n) is 10.2. The van der Waals surface area contributed by atoms with Crippen LogP contribution in [0.25, 0.3) is 10.9 Å². The molecule has 2 aromatic carbocycles. The van der Waals surface area contributed by atoms with E-state index in [4.69, 9.17) is 0 Å². The van der Waals surface area contributed by atoms with Gasteiger partial charge in [-0.1, -0.05) is 48.5 Å². The van der Waals surface area contributed by atoms with Crippen molar-refractivity contribution in [2.24, 2.45) is 0 Å². The molecule has 1 heterocycles. The van der Waals surface area contributed by atoms with E-state index >= 15 is 0 Å². The predicted octanol–water partition coefficient (Wildman–Crippen LogP) is 4.25. The number of hydrogen-bond acceptors (Lipinski definition) is 0. The third-order valence-corrected chi connectivity index (χ3v) is 4.06. The number of aryl methyl sites for hydroxylation is 1. The summed E-state index contributed by atoms with van der Waals surface area (Å²) in [5.74, 6) is 0.567. The van der Waals surface area contributed by atoms with Crippen LogP contribution < -0.4 is 0 Å². The van der Waals surface area contributed by atoms with Crippen molar-refractivity contribution in [3.8, 4) is 0 Å². The van der Waals surface area contributed by atoms with Gasteiger partial charge < -0.3 is 4.98 Å². The first-order chi connectivity index (χ1) is 8.93. The molecule has 0 saturated heterocycles. The molecule has 3 aromatic rings. The number of fused-ring (bicyclic) bond motifs is 3. The van der Waals surface area contributed by atoms with Crippen LogP contribution >= 0.6 is 0 Å². The van der Waals surface area contributed by atoms with Crippen molar-refractivity contribution in [3.05, 3.63) is 71.4 Å². The summed E-state index contributed by atoms with van der Waals surface area (Å²) in [7, 11) is 0. The third kappa shape index (κ3) is 1.34. The maximum Gasteiger partial charge on any atom is 0.0459 e. The van der Waals surface area contributed by atoms with Crippen LogP contribution in [-0.2, 0) is 6.42 Å². The van der Waals surface area contributed by atoms with E-state index in [9.17, 15) is 0 Å². The van der Waals surface area contributed by atoms with Crippen LogP contribution in [-0.4, -0.2) is 4.98 Å². The van der Waals surface area contributed by atoms with Gasteiger partial charge in [0, 0.05) is 22.5 Å². The Labute approximate surface area is 106 Å². The smallest absolute Gasteiger partial charge is 0.0459 e. The van der Waals surface area contributed by atoms with Crippen LogP contribution in [0.4, 0.5) is 0 Å². The van der Waals surface area contributed by atoms with Crippen molar-refractivity contribution >= 4 is 10.9 Å². The minimum Gasteiger partial charge on any atom is -0.358 e. The normalized spacial score (nSPS) is 18.1. The van der Waals surface area contributed by atoms with Gasteiger partial charge in [0.1, 0.15) is 0 Å². The van der Waals surface area contributed by atoms with Gasteiger partial charge >= 0.3 is 0 Å².